The summed E-state index contributed by atoms with van der Waals surface area (Å²) in [5.74, 6) is 0. The van der Waals surface area contributed by atoms with E-state index in [1.54, 1.807) is 4.90 Å². The summed E-state index contributed by atoms with van der Waals surface area (Å²) in [7, 11) is 0. The maximum absolute atomic E-state index is 12.9. The number of rotatable bonds is 3. The number of piperidine rings is 1. The Morgan fingerprint density at radius 1 is 1.27 bits per heavy atom. The number of H-pyrrole nitrogens is 1. The van der Waals surface area contributed by atoms with Crippen molar-refractivity contribution in [1.29, 1.82) is 0 Å². The first kappa shape index (κ1) is 15.3. The van der Waals surface area contributed by atoms with E-state index in [4.69, 9.17) is 0 Å². The smallest absolute Gasteiger partial charge is 0.198 e. The molecule has 1 saturated heterocycles. The van der Waals surface area contributed by atoms with Gasteiger partial charge in [-0.3, -0.25) is 4.79 Å². The number of fused-ring (bicyclic) bond motifs is 1. The average molecular weight is 299 g/mol. The van der Waals surface area contributed by atoms with Gasteiger partial charge in [-0.15, -0.1) is 0 Å². The van der Waals surface area contributed by atoms with E-state index in [-0.39, 0.29) is 5.43 Å². The van der Waals surface area contributed by atoms with Gasteiger partial charge in [0.1, 0.15) is 6.54 Å². The molecule has 0 spiro atoms. The first-order valence-corrected chi connectivity index (χ1v) is 8.57. The molecule has 118 valence electrons. The first-order chi connectivity index (χ1) is 10.6. The quantitative estimate of drug-likeness (QED) is 0.898. The van der Waals surface area contributed by atoms with E-state index in [9.17, 15) is 4.79 Å². The van der Waals surface area contributed by atoms with Crippen LogP contribution in [0.5, 0.6) is 0 Å². The minimum atomic E-state index is 0.225. The highest BCUT2D eigenvalue weighted by molar-refractivity contribution is 5.82. The Balaban J connectivity index is 2.02. The summed E-state index contributed by atoms with van der Waals surface area (Å²) in [6, 6.07) is 6.70. The molecule has 0 amide bonds. The molecular weight excluding hydrogens is 272 g/mol. The van der Waals surface area contributed by atoms with Crippen LogP contribution in [-0.2, 0) is 6.54 Å². The Morgan fingerprint density at radius 3 is 2.86 bits per heavy atom. The Labute approximate surface area is 132 Å². The van der Waals surface area contributed by atoms with Crippen LogP contribution in [0.4, 0.5) is 0 Å². The zero-order valence-electron chi connectivity index (χ0n) is 14.0. The number of para-hydroxylation sites is 1. The van der Waals surface area contributed by atoms with Crippen molar-refractivity contribution in [3.63, 3.8) is 0 Å². The molecule has 0 saturated carbocycles. The first-order valence-electron chi connectivity index (χ1n) is 8.57. The molecule has 3 nitrogen and oxygen atoms in total. The summed E-state index contributed by atoms with van der Waals surface area (Å²) in [6.07, 6.45) is 5.14. The second-order valence-corrected chi connectivity index (χ2v) is 6.74. The van der Waals surface area contributed by atoms with Crippen molar-refractivity contribution in [3.05, 3.63) is 45.2 Å². The molecule has 2 N–H and O–H groups in total. The summed E-state index contributed by atoms with van der Waals surface area (Å²) >= 11 is 0. The van der Waals surface area contributed by atoms with Gasteiger partial charge in [-0.1, -0.05) is 19.1 Å². The molecule has 1 aromatic carbocycles. The van der Waals surface area contributed by atoms with E-state index in [1.165, 1.54) is 32.2 Å². The van der Waals surface area contributed by atoms with Crippen molar-refractivity contribution < 1.29 is 4.90 Å². The van der Waals surface area contributed by atoms with Crippen LogP contribution in [0, 0.1) is 13.8 Å². The predicted octanol–water partition coefficient (Wildman–Crippen LogP) is 2.49. The summed E-state index contributed by atoms with van der Waals surface area (Å²) in [6.45, 7) is 8.44. The Morgan fingerprint density at radius 2 is 2.09 bits per heavy atom. The highest BCUT2D eigenvalue weighted by Gasteiger charge is 2.26. The van der Waals surface area contributed by atoms with Gasteiger partial charge < -0.3 is 9.88 Å². The number of benzene rings is 1. The number of nitrogens with one attached hydrogen (secondary N) is 2. The standard InChI is InChI=1S/C19H26N2O/c1-4-15-9-5-6-11-21(15)12-17-14(3)20-18-13(2)8-7-10-16(18)19(17)22/h7-8,10,15H,4-6,9,11-12H2,1-3H3,(H,20,22)/p+1. The molecule has 1 aliphatic rings. The van der Waals surface area contributed by atoms with Crippen LogP contribution >= 0.6 is 0 Å². The molecule has 22 heavy (non-hydrogen) atoms. The number of quaternary nitrogens is 1. The van der Waals surface area contributed by atoms with Crippen LogP contribution in [0.3, 0.4) is 0 Å². The minimum Gasteiger partial charge on any atom is -0.358 e. The van der Waals surface area contributed by atoms with Crippen molar-refractivity contribution in [1.82, 2.24) is 4.98 Å². The Hall–Kier alpha value is -1.61. The second kappa shape index (κ2) is 6.25. The molecule has 1 fully saturated rings. The Bertz CT molecular complexity index is 732. The van der Waals surface area contributed by atoms with Gasteiger partial charge in [0, 0.05) is 11.1 Å². The topological polar surface area (TPSA) is 37.3 Å². The van der Waals surface area contributed by atoms with Gasteiger partial charge in [0.2, 0.25) is 0 Å². The van der Waals surface area contributed by atoms with Gasteiger partial charge in [0.25, 0.3) is 0 Å². The third kappa shape index (κ3) is 2.70. The molecule has 0 radical (unpaired) electrons. The molecule has 0 aliphatic carbocycles. The highest BCUT2D eigenvalue weighted by Crippen LogP contribution is 2.15. The largest absolute Gasteiger partial charge is 0.358 e. The van der Waals surface area contributed by atoms with Crippen molar-refractivity contribution in [2.45, 2.75) is 59.0 Å². The van der Waals surface area contributed by atoms with Crippen LogP contribution in [0.2, 0.25) is 0 Å². The summed E-state index contributed by atoms with van der Waals surface area (Å²) < 4.78 is 0. The predicted molar refractivity (Wildman–Crippen MR) is 91.5 cm³/mol. The third-order valence-electron chi connectivity index (χ3n) is 5.33. The van der Waals surface area contributed by atoms with Gasteiger partial charge in [0.15, 0.2) is 5.43 Å². The van der Waals surface area contributed by atoms with Crippen LogP contribution in [0.1, 0.15) is 49.4 Å². The lowest BCUT2D eigenvalue weighted by Crippen LogP contribution is -3.15. The molecule has 1 aromatic heterocycles. The minimum absolute atomic E-state index is 0.225. The van der Waals surface area contributed by atoms with E-state index < -0.39 is 0 Å². The molecule has 3 rings (SSSR count). The monoisotopic (exact) mass is 299 g/mol. The lowest BCUT2D eigenvalue weighted by molar-refractivity contribution is -0.944. The normalized spacial score (nSPS) is 22.1. The molecular formula is C19H27N2O+. The van der Waals surface area contributed by atoms with Gasteiger partial charge in [-0.2, -0.15) is 0 Å². The molecule has 2 unspecified atom stereocenters. The summed E-state index contributed by atoms with van der Waals surface area (Å²) in [5.41, 5.74) is 4.38. The number of aromatic amines is 1. The van der Waals surface area contributed by atoms with Crippen molar-refractivity contribution in [2.24, 2.45) is 0 Å². The lowest BCUT2D eigenvalue weighted by Gasteiger charge is -2.32. The molecule has 2 atom stereocenters. The number of hydrogen-bond donors (Lipinski definition) is 2. The van der Waals surface area contributed by atoms with Crippen molar-refractivity contribution in [3.8, 4) is 0 Å². The second-order valence-electron chi connectivity index (χ2n) is 6.74. The van der Waals surface area contributed by atoms with E-state index in [0.717, 1.165) is 34.3 Å². The van der Waals surface area contributed by atoms with E-state index >= 15 is 0 Å². The number of pyridine rings is 1. The lowest BCUT2D eigenvalue weighted by atomic mass is 9.98. The van der Waals surface area contributed by atoms with Crippen LogP contribution in [0.25, 0.3) is 10.9 Å². The third-order valence-corrected chi connectivity index (χ3v) is 5.33. The average Bonchev–Trinajstić information content (AvgIpc) is 2.53. The van der Waals surface area contributed by atoms with E-state index in [2.05, 4.69) is 24.9 Å². The Kier molecular flexibility index (Phi) is 4.34. The number of aryl methyl sites for hydroxylation is 2. The van der Waals surface area contributed by atoms with Crippen molar-refractivity contribution in [2.75, 3.05) is 6.54 Å². The highest BCUT2D eigenvalue weighted by atomic mass is 16.1. The molecule has 0 bridgehead atoms. The fourth-order valence-corrected chi connectivity index (χ4v) is 3.94. The zero-order valence-corrected chi connectivity index (χ0v) is 14.0. The maximum atomic E-state index is 12.9. The fourth-order valence-electron chi connectivity index (χ4n) is 3.94. The van der Waals surface area contributed by atoms with Crippen LogP contribution in [0.15, 0.2) is 23.0 Å². The van der Waals surface area contributed by atoms with Gasteiger partial charge in [-0.25, -0.2) is 0 Å². The summed E-state index contributed by atoms with van der Waals surface area (Å²) in [5, 5.41) is 0.838. The van der Waals surface area contributed by atoms with Gasteiger partial charge in [0.05, 0.1) is 23.7 Å². The van der Waals surface area contributed by atoms with Gasteiger partial charge in [-0.05, 0) is 51.2 Å². The number of likely N-dealkylation sites (tertiary alicyclic amines) is 1. The molecule has 2 heterocycles. The van der Waals surface area contributed by atoms with Gasteiger partial charge >= 0.3 is 0 Å². The molecule has 3 heteroatoms. The molecule has 2 aromatic rings. The SMILES string of the molecule is CCC1CCCC[NH+]1Cc1c(C)[nH]c2c(C)cccc2c1=O. The maximum Gasteiger partial charge on any atom is 0.198 e. The van der Waals surface area contributed by atoms with Crippen molar-refractivity contribution >= 4 is 10.9 Å². The van der Waals surface area contributed by atoms with E-state index in [0.29, 0.717) is 6.04 Å². The zero-order chi connectivity index (χ0) is 15.7. The fraction of sp³-hybridized carbons (Fsp3) is 0.526. The number of aromatic nitrogens is 1. The number of hydrogen-bond acceptors (Lipinski definition) is 1. The van der Waals surface area contributed by atoms with E-state index in [1.807, 2.05) is 19.1 Å². The molecule has 1 aliphatic heterocycles. The van der Waals surface area contributed by atoms with Crippen LogP contribution in [-0.4, -0.2) is 17.6 Å². The summed E-state index contributed by atoms with van der Waals surface area (Å²) in [4.78, 5) is 18.0. The van der Waals surface area contributed by atoms with Crippen LogP contribution < -0.4 is 10.3 Å².